The number of aromatic nitrogens is 5. The van der Waals surface area contributed by atoms with Gasteiger partial charge in [-0.15, -0.1) is 5.10 Å². The second-order valence-corrected chi connectivity index (χ2v) is 9.76. The molecular formula is C32H31N7O5. The Kier molecular flexibility index (Phi) is 9.79. The Morgan fingerprint density at radius 3 is 2.43 bits per heavy atom. The summed E-state index contributed by atoms with van der Waals surface area (Å²) >= 11 is 0. The third-order valence-corrected chi connectivity index (χ3v) is 6.71. The molecule has 5 aromatic rings. The van der Waals surface area contributed by atoms with Crippen molar-refractivity contribution in [1.29, 1.82) is 5.26 Å². The average Bonchev–Trinajstić information content (AvgIpc) is 3.66. The van der Waals surface area contributed by atoms with E-state index in [2.05, 4.69) is 26.6 Å². The van der Waals surface area contributed by atoms with Crippen molar-refractivity contribution in [2.45, 2.75) is 39.4 Å². The van der Waals surface area contributed by atoms with Crippen LogP contribution in [0.15, 0.2) is 83.3 Å². The van der Waals surface area contributed by atoms with Gasteiger partial charge in [-0.2, -0.15) is 5.26 Å². The van der Waals surface area contributed by atoms with Crippen LogP contribution in [-0.2, 0) is 26.1 Å². The van der Waals surface area contributed by atoms with E-state index < -0.39 is 6.09 Å². The van der Waals surface area contributed by atoms with Gasteiger partial charge in [-0.1, -0.05) is 30.3 Å². The predicted molar refractivity (Wildman–Crippen MR) is 159 cm³/mol. The topological polar surface area (TPSA) is 141 Å². The lowest BCUT2D eigenvalue weighted by molar-refractivity contribution is 0.144. The number of nitrogens with zero attached hydrogens (tertiary/aromatic N) is 7. The number of carbonyl (C=O) groups excluding carboxylic acids is 1. The molecule has 0 saturated heterocycles. The zero-order chi connectivity index (χ0) is 30.7. The van der Waals surface area contributed by atoms with Gasteiger partial charge in [-0.05, 0) is 71.4 Å². The van der Waals surface area contributed by atoms with E-state index in [9.17, 15) is 4.79 Å². The quantitative estimate of drug-likeness (QED) is 0.175. The monoisotopic (exact) mass is 593 g/mol. The zero-order valence-electron chi connectivity index (χ0n) is 24.4. The first-order valence-electron chi connectivity index (χ1n) is 14.0. The van der Waals surface area contributed by atoms with Gasteiger partial charge >= 0.3 is 6.09 Å². The predicted octanol–water partition coefficient (Wildman–Crippen LogP) is 5.38. The molecule has 0 N–H and O–H groups in total. The van der Waals surface area contributed by atoms with Crippen LogP contribution in [-0.4, -0.2) is 49.9 Å². The van der Waals surface area contributed by atoms with Crippen molar-refractivity contribution in [3.8, 4) is 34.8 Å². The summed E-state index contributed by atoms with van der Waals surface area (Å²) in [6.07, 6.45) is 0.249. The Bertz CT molecular complexity index is 1690. The number of methoxy groups -OCH3 is 1. The lowest BCUT2D eigenvalue weighted by atomic mass is 10.2. The van der Waals surface area contributed by atoms with Crippen LogP contribution >= 0.6 is 0 Å². The van der Waals surface area contributed by atoms with Crippen LogP contribution in [0.4, 0.5) is 4.79 Å². The van der Waals surface area contributed by atoms with Crippen LogP contribution in [0, 0.1) is 18.3 Å². The van der Waals surface area contributed by atoms with Crippen molar-refractivity contribution in [1.82, 2.24) is 30.1 Å². The van der Waals surface area contributed by atoms with E-state index in [-0.39, 0.29) is 19.5 Å². The standard InChI is InChI=1S/C32H31N7O5/c1-23-29(34-31(43-23)25-7-4-3-5-8-25)17-20-42-27-11-9-24(10-12-27)21-38(22-30-35-36-37-39(30)19-6-18-33)32(40)44-28-15-13-26(41-2)14-16-28/h3-5,7-16H,6,17,19-22H2,1-2H3. The first kappa shape index (κ1) is 29.8. The van der Waals surface area contributed by atoms with Crippen molar-refractivity contribution >= 4 is 6.09 Å². The second kappa shape index (κ2) is 14.5. The van der Waals surface area contributed by atoms with Crippen LogP contribution in [0.1, 0.15) is 29.3 Å². The number of hydrogen-bond donors (Lipinski definition) is 0. The maximum Gasteiger partial charge on any atom is 0.415 e. The number of benzene rings is 3. The molecule has 2 heterocycles. The number of carbonyl (C=O) groups is 1. The Hall–Kier alpha value is -5.70. The van der Waals surface area contributed by atoms with Gasteiger partial charge < -0.3 is 18.6 Å². The highest BCUT2D eigenvalue weighted by Gasteiger charge is 2.21. The number of aryl methyl sites for hydroxylation is 2. The third-order valence-electron chi connectivity index (χ3n) is 6.71. The third kappa shape index (κ3) is 7.77. The molecule has 0 aliphatic carbocycles. The molecule has 3 aromatic carbocycles. The van der Waals surface area contributed by atoms with Crippen LogP contribution in [0.5, 0.6) is 17.2 Å². The van der Waals surface area contributed by atoms with E-state index in [1.165, 1.54) is 9.58 Å². The Labute approximate surface area is 254 Å². The van der Waals surface area contributed by atoms with E-state index in [4.69, 9.17) is 23.9 Å². The number of rotatable bonds is 13. The molecule has 12 heteroatoms. The van der Waals surface area contributed by atoms with Gasteiger partial charge in [0.05, 0.1) is 45.0 Å². The summed E-state index contributed by atoms with van der Waals surface area (Å²) in [5.74, 6) is 3.50. The van der Waals surface area contributed by atoms with Gasteiger partial charge in [0.15, 0.2) is 5.82 Å². The number of ether oxygens (including phenoxy) is 3. The number of hydrogen-bond acceptors (Lipinski definition) is 10. The van der Waals surface area contributed by atoms with Gasteiger partial charge in [0.25, 0.3) is 0 Å². The molecule has 0 spiro atoms. The van der Waals surface area contributed by atoms with Crippen molar-refractivity contribution in [3.05, 3.63) is 102 Å². The first-order chi connectivity index (χ1) is 21.5. The highest BCUT2D eigenvalue weighted by atomic mass is 16.6. The minimum atomic E-state index is -0.580. The Morgan fingerprint density at radius 1 is 0.977 bits per heavy atom. The minimum Gasteiger partial charge on any atom is -0.497 e. The lowest BCUT2D eigenvalue weighted by Gasteiger charge is -2.22. The Balaban J connectivity index is 1.22. The number of nitriles is 1. The molecule has 0 saturated carbocycles. The van der Waals surface area contributed by atoms with Gasteiger partial charge in [0, 0.05) is 18.5 Å². The molecule has 44 heavy (non-hydrogen) atoms. The zero-order valence-corrected chi connectivity index (χ0v) is 24.4. The lowest BCUT2D eigenvalue weighted by Crippen LogP contribution is -2.33. The average molecular weight is 594 g/mol. The van der Waals surface area contributed by atoms with Crippen LogP contribution in [0.25, 0.3) is 11.5 Å². The molecule has 1 amide bonds. The van der Waals surface area contributed by atoms with E-state index in [1.807, 2.05) is 61.5 Å². The molecule has 224 valence electrons. The first-order valence-corrected chi connectivity index (χ1v) is 14.0. The highest BCUT2D eigenvalue weighted by Crippen LogP contribution is 2.23. The van der Waals surface area contributed by atoms with Crippen molar-refractivity contribution in [2.24, 2.45) is 0 Å². The van der Waals surface area contributed by atoms with Crippen molar-refractivity contribution in [3.63, 3.8) is 0 Å². The molecule has 0 atom stereocenters. The fourth-order valence-electron chi connectivity index (χ4n) is 4.37. The minimum absolute atomic E-state index is 0.0771. The summed E-state index contributed by atoms with van der Waals surface area (Å²) in [5, 5.41) is 20.7. The van der Waals surface area contributed by atoms with Gasteiger partial charge in [-0.3, -0.25) is 4.90 Å². The molecule has 0 unspecified atom stereocenters. The molecule has 0 aliphatic heterocycles. The smallest absolute Gasteiger partial charge is 0.415 e. The van der Waals surface area contributed by atoms with Gasteiger partial charge in [0.2, 0.25) is 5.89 Å². The van der Waals surface area contributed by atoms with Crippen LogP contribution in [0.2, 0.25) is 0 Å². The van der Waals surface area contributed by atoms with Crippen LogP contribution in [0.3, 0.4) is 0 Å². The van der Waals surface area contributed by atoms with Gasteiger partial charge in [-0.25, -0.2) is 14.5 Å². The van der Waals surface area contributed by atoms with Gasteiger partial charge in [0.1, 0.15) is 23.0 Å². The van der Waals surface area contributed by atoms with Crippen molar-refractivity contribution in [2.75, 3.05) is 13.7 Å². The van der Waals surface area contributed by atoms with E-state index in [1.54, 1.807) is 31.4 Å². The van der Waals surface area contributed by atoms with Crippen molar-refractivity contribution < 1.29 is 23.4 Å². The fourth-order valence-corrected chi connectivity index (χ4v) is 4.37. The highest BCUT2D eigenvalue weighted by molar-refractivity contribution is 5.70. The molecule has 0 aliphatic rings. The van der Waals surface area contributed by atoms with E-state index in [0.29, 0.717) is 48.5 Å². The van der Waals surface area contributed by atoms with E-state index in [0.717, 1.165) is 22.6 Å². The maximum absolute atomic E-state index is 13.3. The summed E-state index contributed by atoms with van der Waals surface area (Å²) in [7, 11) is 1.56. The Morgan fingerprint density at radius 2 is 1.70 bits per heavy atom. The molecule has 12 nitrogen and oxygen atoms in total. The molecule has 0 radical (unpaired) electrons. The number of amides is 1. The molecule has 2 aromatic heterocycles. The summed E-state index contributed by atoms with van der Waals surface area (Å²) in [4.78, 5) is 19.4. The molecule has 0 fully saturated rings. The van der Waals surface area contributed by atoms with Crippen LogP contribution < -0.4 is 14.2 Å². The van der Waals surface area contributed by atoms with E-state index >= 15 is 0 Å². The molecule has 5 rings (SSSR count). The molecular weight excluding hydrogens is 562 g/mol. The SMILES string of the molecule is COc1ccc(OC(=O)N(Cc2ccc(OCCc3nc(-c4ccccc4)oc3C)cc2)Cc2nnnn2CCC#N)cc1. The second-order valence-electron chi connectivity index (χ2n) is 9.76. The fraction of sp³-hybridized carbons (Fsp3) is 0.250. The summed E-state index contributed by atoms with van der Waals surface area (Å²) in [6.45, 7) is 2.94. The summed E-state index contributed by atoms with van der Waals surface area (Å²) in [5.41, 5.74) is 2.63. The number of oxazole rings is 1. The normalized spacial score (nSPS) is 10.7. The maximum atomic E-state index is 13.3. The number of tetrazole rings is 1. The summed E-state index contributed by atoms with van der Waals surface area (Å²) in [6, 6.07) is 26.1. The summed E-state index contributed by atoms with van der Waals surface area (Å²) < 4.78 is 24.1. The largest absolute Gasteiger partial charge is 0.497 e. The molecule has 0 bridgehead atoms.